The standard InChI is InChI=1S/C22H15BrO2/c1-25-21-9-5-4-8-18(21)22(24)20-12-14-10-11-15(23)13-19(14)16-6-2-3-7-17(16)20/h2-13H,1H3. The highest BCUT2D eigenvalue weighted by molar-refractivity contribution is 9.10. The van der Waals surface area contributed by atoms with Gasteiger partial charge in [-0.05, 0) is 51.9 Å². The molecule has 4 aromatic rings. The van der Waals surface area contributed by atoms with Gasteiger partial charge in [0.2, 0.25) is 0 Å². The summed E-state index contributed by atoms with van der Waals surface area (Å²) in [6, 6.07) is 23.5. The first-order valence-corrected chi connectivity index (χ1v) is 8.77. The van der Waals surface area contributed by atoms with Crippen LogP contribution in [0.25, 0.3) is 21.5 Å². The average molecular weight is 391 g/mol. The van der Waals surface area contributed by atoms with E-state index in [1.807, 2.05) is 60.7 Å². The van der Waals surface area contributed by atoms with Crippen molar-refractivity contribution in [1.82, 2.24) is 0 Å². The van der Waals surface area contributed by atoms with Crippen LogP contribution in [0.1, 0.15) is 15.9 Å². The molecule has 0 amide bonds. The van der Waals surface area contributed by atoms with Gasteiger partial charge in [0, 0.05) is 10.0 Å². The number of hydrogen-bond acceptors (Lipinski definition) is 2. The molecule has 0 unspecified atom stereocenters. The molecule has 0 radical (unpaired) electrons. The van der Waals surface area contributed by atoms with Crippen LogP contribution in [0, 0.1) is 0 Å². The third-order valence-electron chi connectivity index (χ3n) is 4.42. The quantitative estimate of drug-likeness (QED) is 0.317. The van der Waals surface area contributed by atoms with E-state index in [2.05, 4.69) is 28.1 Å². The average Bonchev–Trinajstić information content (AvgIpc) is 2.67. The summed E-state index contributed by atoms with van der Waals surface area (Å²) in [6.07, 6.45) is 0. The number of halogens is 1. The predicted molar refractivity (Wildman–Crippen MR) is 106 cm³/mol. The molecule has 0 N–H and O–H groups in total. The number of benzene rings is 4. The molecular formula is C22H15BrO2. The lowest BCUT2D eigenvalue weighted by molar-refractivity contribution is 0.103. The molecule has 0 aliphatic carbocycles. The summed E-state index contributed by atoms with van der Waals surface area (Å²) in [5, 5.41) is 4.19. The fourth-order valence-corrected chi connectivity index (χ4v) is 3.60. The third-order valence-corrected chi connectivity index (χ3v) is 4.91. The van der Waals surface area contributed by atoms with E-state index < -0.39 is 0 Å². The second kappa shape index (κ2) is 6.34. The van der Waals surface area contributed by atoms with Gasteiger partial charge in [-0.25, -0.2) is 0 Å². The molecule has 25 heavy (non-hydrogen) atoms. The molecule has 0 fully saturated rings. The van der Waals surface area contributed by atoms with E-state index in [1.54, 1.807) is 7.11 Å². The Morgan fingerprint density at radius 1 is 0.800 bits per heavy atom. The third kappa shape index (κ3) is 2.71. The minimum atomic E-state index is -0.0292. The molecular weight excluding hydrogens is 376 g/mol. The van der Waals surface area contributed by atoms with Crippen molar-refractivity contribution in [1.29, 1.82) is 0 Å². The van der Waals surface area contributed by atoms with Crippen LogP contribution in [0.4, 0.5) is 0 Å². The number of ketones is 1. The highest BCUT2D eigenvalue weighted by Crippen LogP contribution is 2.33. The number of hydrogen-bond donors (Lipinski definition) is 0. The Bertz CT molecular complexity index is 1120. The number of para-hydroxylation sites is 1. The number of carbonyl (C=O) groups is 1. The monoisotopic (exact) mass is 390 g/mol. The van der Waals surface area contributed by atoms with Crippen LogP contribution in [0.5, 0.6) is 5.75 Å². The van der Waals surface area contributed by atoms with Crippen LogP contribution in [-0.2, 0) is 0 Å². The summed E-state index contributed by atoms with van der Waals surface area (Å²) in [6.45, 7) is 0. The molecule has 0 bridgehead atoms. The maximum Gasteiger partial charge on any atom is 0.197 e. The van der Waals surface area contributed by atoms with E-state index >= 15 is 0 Å². The zero-order chi connectivity index (χ0) is 17.4. The van der Waals surface area contributed by atoms with Crippen LogP contribution in [0.3, 0.4) is 0 Å². The topological polar surface area (TPSA) is 26.3 Å². The summed E-state index contributed by atoms with van der Waals surface area (Å²) in [5.41, 5.74) is 1.27. The van der Waals surface area contributed by atoms with Gasteiger partial charge in [-0.15, -0.1) is 0 Å². The largest absolute Gasteiger partial charge is 0.496 e. The van der Waals surface area contributed by atoms with Gasteiger partial charge in [-0.1, -0.05) is 58.4 Å². The van der Waals surface area contributed by atoms with Crippen LogP contribution in [0.15, 0.2) is 77.3 Å². The Morgan fingerprint density at radius 3 is 2.32 bits per heavy atom. The SMILES string of the molecule is COc1ccccc1C(=O)c1cc2ccc(Br)cc2c2ccccc12. The Morgan fingerprint density at radius 2 is 1.52 bits per heavy atom. The Kier molecular flexibility index (Phi) is 4.02. The number of ether oxygens (including phenoxy) is 1. The van der Waals surface area contributed by atoms with Crippen molar-refractivity contribution in [3.63, 3.8) is 0 Å². The molecule has 0 saturated heterocycles. The summed E-state index contributed by atoms with van der Waals surface area (Å²) in [4.78, 5) is 13.3. The normalized spacial score (nSPS) is 11.0. The van der Waals surface area contributed by atoms with Gasteiger partial charge in [0.1, 0.15) is 5.75 Å². The van der Waals surface area contributed by atoms with Gasteiger partial charge in [-0.3, -0.25) is 4.79 Å². The van der Waals surface area contributed by atoms with E-state index in [4.69, 9.17) is 4.74 Å². The maximum absolute atomic E-state index is 13.3. The van der Waals surface area contributed by atoms with Gasteiger partial charge in [0.05, 0.1) is 12.7 Å². The zero-order valence-corrected chi connectivity index (χ0v) is 15.2. The Labute approximate surface area is 154 Å². The smallest absolute Gasteiger partial charge is 0.197 e. The molecule has 3 heteroatoms. The molecule has 4 aromatic carbocycles. The van der Waals surface area contributed by atoms with Crippen molar-refractivity contribution >= 4 is 43.3 Å². The lowest BCUT2D eigenvalue weighted by Gasteiger charge is -2.12. The Hall–Kier alpha value is -2.65. The second-order valence-corrected chi connectivity index (χ2v) is 6.78. The van der Waals surface area contributed by atoms with Crippen molar-refractivity contribution in [2.75, 3.05) is 7.11 Å². The minimum absolute atomic E-state index is 0.0292. The second-order valence-electron chi connectivity index (χ2n) is 5.86. The van der Waals surface area contributed by atoms with Crippen LogP contribution >= 0.6 is 15.9 Å². The summed E-state index contributed by atoms with van der Waals surface area (Å²) < 4.78 is 6.40. The fourth-order valence-electron chi connectivity index (χ4n) is 3.24. The molecule has 0 heterocycles. The van der Waals surface area contributed by atoms with E-state index in [0.717, 1.165) is 26.0 Å². The summed E-state index contributed by atoms with van der Waals surface area (Å²) >= 11 is 3.54. The van der Waals surface area contributed by atoms with Crippen LogP contribution in [-0.4, -0.2) is 12.9 Å². The van der Waals surface area contributed by atoms with Crippen molar-refractivity contribution in [2.24, 2.45) is 0 Å². The summed E-state index contributed by atoms with van der Waals surface area (Å²) in [5.74, 6) is 0.561. The van der Waals surface area contributed by atoms with Crippen LogP contribution < -0.4 is 4.74 Å². The first-order valence-electron chi connectivity index (χ1n) is 7.98. The number of methoxy groups -OCH3 is 1. The molecule has 0 atom stereocenters. The number of rotatable bonds is 3. The first-order chi connectivity index (χ1) is 12.2. The van der Waals surface area contributed by atoms with Gasteiger partial charge in [-0.2, -0.15) is 0 Å². The number of fused-ring (bicyclic) bond motifs is 3. The molecule has 0 spiro atoms. The Balaban J connectivity index is 2.04. The van der Waals surface area contributed by atoms with Crippen molar-refractivity contribution in [3.8, 4) is 5.75 Å². The van der Waals surface area contributed by atoms with Gasteiger partial charge < -0.3 is 4.74 Å². The highest BCUT2D eigenvalue weighted by atomic mass is 79.9. The summed E-state index contributed by atoms with van der Waals surface area (Å²) in [7, 11) is 1.59. The molecule has 0 aliphatic rings. The lowest BCUT2D eigenvalue weighted by atomic mass is 9.92. The van der Waals surface area contributed by atoms with Gasteiger partial charge >= 0.3 is 0 Å². The van der Waals surface area contributed by atoms with Crippen molar-refractivity contribution < 1.29 is 9.53 Å². The molecule has 122 valence electrons. The van der Waals surface area contributed by atoms with Gasteiger partial charge in [0.25, 0.3) is 0 Å². The molecule has 0 aromatic heterocycles. The zero-order valence-electron chi connectivity index (χ0n) is 13.6. The molecule has 0 saturated carbocycles. The van der Waals surface area contributed by atoms with Gasteiger partial charge in [0.15, 0.2) is 5.78 Å². The molecule has 0 aliphatic heterocycles. The molecule has 2 nitrogen and oxygen atoms in total. The van der Waals surface area contributed by atoms with E-state index in [0.29, 0.717) is 16.9 Å². The highest BCUT2D eigenvalue weighted by Gasteiger charge is 2.18. The number of carbonyl (C=O) groups excluding carboxylic acids is 1. The lowest BCUT2D eigenvalue weighted by Crippen LogP contribution is -2.05. The van der Waals surface area contributed by atoms with Crippen molar-refractivity contribution in [3.05, 3.63) is 88.4 Å². The predicted octanol–water partition coefficient (Wildman–Crippen LogP) is 6.00. The van der Waals surface area contributed by atoms with Crippen LogP contribution in [0.2, 0.25) is 0 Å². The molecule has 4 rings (SSSR count). The van der Waals surface area contributed by atoms with Crippen molar-refractivity contribution in [2.45, 2.75) is 0 Å². The van der Waals surface area contributed by atoms with E-state index in [1.165, 1.54) is 0 Å². The maximum atomic E-state index is 13.3. The fraction of sp³-hybridized carbons (Fsp3) is 0.0455. The van der Waals surface area contributed by atoms with E-state index in [9.17, 15) is 4.79 Å². The first kappa shape index (κ1) is 15.9. The van der Waals surface area contributed by atoms with E-state index in [-0.39, 0.29) is 5.78 Å². The minimum Gasteiger partial charge on any atom is -0.496 e.